The van der Waals surface area contributed by atoms with E-state index in [2.05, 4.69) is 13.8 Å². The highest BCUT2D eigenvalue weighted by molar-refractivity contribution is 5.71. The van der Waals surface area contributed by atoms with Gasteiger partial charge in [0.25, 0.3) is 0 Å². The summed E-state index contributed by atoms with van der Waals surface area (Å²) < 4.78 is 50.8. The minimum Gasteiger partial charge on any atom is -0.373 e. The fourth-order valence-electron chi connectivity index (χ4n) is 5.70. The number of hydrogen-bond donors (Lipinski definition) is 0. The van der Waals surface area contributed by atoms with Crippen molar-refractivity contribution in [3.8, 4) is 22.3 Å². The maximum atomic E-state index is 15.2. The lowest BCUT2D eigenvalue weighted by Crippen LogP contribution is -2.20. The third-order valence-corrected chi connectivity index (χ3v) is 8.17. The first-order chi connectivity index (χ1) is 19.0. The molecule has 1 fully saturated rings. The third-order valence-electron chi connectivity index (χ3n) is 8.17. The molecule has 0 aromatic heterocycles. The summed E-state index contributed by atoms with van der Waals surface area (Å²) in [5, 5.41) is 0. The van der Waals surface area contributed by atoms with Crippen LogP contribution in [0.5, 0.6) is 0 Å². The summed E-state index contributed by atoms with van der Waals surface area (Å²) in [6, 6.07) is 15.6. The first-order valence-electron chi connectivity index (χ1n) is 15.0. The van der Waals surface area contributed by atoms with Gasteiger partial charge < -0.3 is 4.74 Å². The van der Waals surface area contributed by atoms with Crippen LogP contribution in [0.3, 0.4) is 0 Å². The lowest BCUT2D eigenvalue weighted by atomic mass is 9.90. The second-order valence-electron chi connectivity index (χ2n) is 11.1. The summed E-state index contributed by atoms with van der Waals surface area (Å²) in [5.41, 5.74) is 3.29. The molecule has 0 aliphatic carbocycles. The highest BCUT2D eigenvalue weighted by atomic mass is 19.2. The highest BCUT2D eigenvalue weighted by Crippen LogP contribution is 2.35. The predicted octanol–water partition coefficient (Wildman–Crippen LogP) is 11.0. The van der Waals surface area contributed by atoms with E-state index in [4.69, 9.17) is 4.74 Å². The van der Waals surface area contributed by atoms with E-state index < -0.39 is 11.6 Å². The van der Waals surface area contributed by atoms with Crippen molar-refractivity contribution in [2.75, 3.05) is 6.61 Å². The lowest BCUT2D eigenvalue weighted by molar-refractivity contribution is -0.0200. The zero-order valence-corrected chi connectivity index (χ0v) is 23.6. The van der Waals surface area contributed by atoms with Crippen molar-refractivity contribution in [3.63, 3.8) is 0 Å². The smallest absolute Gasteiger partial charge is 0.166 e. The molecule has 0 bridgehead atoms. The monoisotopic (exact) mass is 536 g/mol. The van der Waals surface area contributed by atoms with Gasteiger partial charge in [0.05, 0.1) is 12.7 Å². The Morgan fingerprint density at radius 3 is 2.03 bits per heavy atom. The van der Waals surface area contributed by atoms with Crippen LogP contribution >= 0.6 is 0 Å². The van der Waals surface area contributed by atoms with Gasteiger partial charge in [0, 0.05) is 11.1 Å². The van der Waals surface area contributed by atoms with Gasteiger partial charge in [-0.15, -0.1) is 0 Å². The van der Waals surface area contributed by atoms with Crippen LogP contribution in [0.15, 0.2) is 54.6 Å². The summed E-state index contributed by atoms with van der Waals surface area (Å²) >= 11 is 0. The molecule has 39 heavy (non-hydrogen) atoms. The van der Waals surface area contributed by atoms with Gasteiger partial charge in [-0.2, -0.15) is 0 Å². The van der Waals surface area contributed by atoms with Gasteiger partial charge >= 0.3 is 0 Å². The minimum atomic E-state index is -0.821. The van der Waals surface area contributed by atoms with Crippen LogP contribution in [-0.2, 0) is 11.2 Å². The molecule has 1 saturated heterocycles. The van der Waals surface area contributed by atoms with Gasteiger partial charge in [-0.05, 0) is 66.3 Å². The molecule has 0 spiro atoms. The molecule has 3 aromatic carbocycles. The van der Waals surface area contributed by atoms with Crippen LogP contribution in [-0.4, -0.2) is 6.61 Å². The minimum absolute atomic E-state index is 0.0601. The molecular weight excluding hydrogens is 493 g/mol. The number of unbranched alkanes of at least 4 members (excludes halogenated alkanes) is 6. The van der Waals surface area contributed by atoms with Crippen LogP contribution in [0.2, 0.25) is 0 Å². The van der Waals surface area contributed by atoms with Gasteiger partial charge in [-0.3, -0.25) is 0 Å². The Hall–Kier alpha value is -2.59. The quantitative estimate of drug-likeness (QED) is 0.197. The molecule has 2 atom stereocenters. The molecule has 2 unspecified atom stereocenters. The molecule has 4 rings (SSSR count). The topological polar surface area (TPSA) is 9.23 Å². The summed E-state index contributed by atoms with van der Waals surface area (Å²) in [6.07, 6.45) is 13.1. The Morgan fingerprint density at radius 1 is 0.692 bits per heavy atom. The predicted molar refractivity (Wildman–Crippen MR) is 155 cm³/mol. The molecule has 1 nitrogen and oxygen atoms in total. The van der Waals surface area contributed by atoms with Crippen molar-refractivity contribution < 1.29 is 17.9 Å². The maximum absolute atomic E-state index is 15.2. The largest absolute Gasteiger partial charge is 0.373 e. The molecule has 1 aliphatic heterocycles. The van der Waals surface area contributed by atoms with Crippen LogP contribution < -0.4 is 0 Å². The zero-order valence-electron chi connectivity index (χ0n) is 23.6. The number of halogens is 3. The van der Waals surface area contributed by atoms with E-state index in [0.29, 0.717) is 34.6 Å². The Labute approximate surface area is 232 Å². The molecule has 0 N–H and O–H groups in total. The molecular formula is C35H43F3O. The van der Waals surface area contributed by atoms with Crippen molar-refractivity contribution >= 4 is 0 Å². The van der Waals surface area contributed by atoms with E-state index >= 15 is 4.39 Å². The van der Waals surface area contributed by atoms with Crippen LogP contribution in [0.25, 0.3) is 22.3 Å². The number of aryl methyl sites for hydroxylation is 1. The number of benzene rings is 3. The van der Waals surface area contributed by atoms with Crippen LogP contribution in [0.1, 0.15) is 102 Å². The molecule has 0 saturated carbocycles. The van der Waals surface area contributed by atoms with E-state index in [9.17, 15) is 8.78 Å². The second kappa shape index (κ2) is 14.7. The first kappa shape index (κ1) is 29.4. The van der Waals surface area contributed by atoms with Crippen molar-refractivity contribution in [2.45, 2.75) is 97.0 Å². The number of hydrogen-bond acceptors (Lipinski definition) is 1. The van der Waals surface area contributed by atoms with Crippen molar-refractivity contribution in [1.29, 1.82) is 0 Å². The molecule has 210 valence electrons. The molecule has 1 aliphatic rings. The summed E-state index contributed by atoms with van der Waals surface area (Å²) in [7, 11) is 0. The maximum Gasteiger partial charge on any atom is 0.166 e. The van der Waals surface area contributed by atoms with Crippen LogP contribution in [0, 0.1) is 23.4 Å². The fourth-order valence-corrected chi connectivity index (χ4v) is 5.70. The van der Waals surface area contributed by atoms with E-state index in [1.807, 2.05) is 6.07 Å². The molecule has 0 radical (unpaired) electrons. The molecule has 3 aromatic rings. The van der Waals surface area contributed by atoms with Gasteiger partial charge in [0.2, 0.25) is 0 Å². The third kappa shape index (κ3) is 7.75. The summed E-state index contributed by atoms with van der Waals surface area (Å²) in [4.78, 5) is 0. The first-order valence-corrected chi connectivity index (χ1v) is 15.0. The molecule has 4 heteroatoms. The van der Waals surface area contributed by atoms with Gasteiger partial charge in [-0.25, -0.2) is 13.2 Å². The Balaban J connectivity index is 1.37. The number of rotatable bonds is 13. The second-order valence-corrected chi connectivity index (χ2v) is 11.1. The Kier molecular flexibility index (Phi) is 11.1. The molecule has 0 amide bonds. The summed E-state index contributed by atoms with van der Waals surface area (Å²) in [5.74, 6) is -1.27. The van der Waals surface area contributed by atoms with Gasteiger partial charge in [0.15, 0.2) is 11.6 Å². The molecule has 1 heterocycles. The SMILES string of the molecule is CCCCCCCC1CCC(c2ccc(-c3ccc(-c4ccc(CCCCC)c(F)c4F)cc3)c(F)c2)OC1. The van der Waals surface area contributed by atoms with Gasteiger partial charge in [-0.1, -0.05) is 107 Å². The van der Waals surface area contributed by atoms with Crippen LogP contribution in [0.4, 0.5) is 13.2 Å². The normalized spacial score (nSPS) is 17.5. The highest BCUT2D eigenvalue weighted by Gasteiger charge is 2.23. The lowest BCUT2D eigenvalue weighted by Gasteiger charge is -2.29. The average Bonchev–Trinajstić information content (AvgIpc) is 2.96. The number of ether oxygens (including phenoxy) is 1. The van der Waals surface area contributed by atoms with Crippen molar-refractivity contribution in [2.24, 2.45) is 5.92 Å². The van der Waals surface area contributed by atoms with E-state index in [1.54, 1.807) is 48.5 Å². The van der Waals surface area contributed by atoms with Crippen molar-refractivity contribution in [1.82, 2.24) is 0 Å². The van der Waals surface area contributed by atoms with Crippen molar-refractivity contribution in [3.05, 3.63) is 83.2 Å². The van der Waals surface area contributed by atoms with E-state index in [0.717, 1.165) is 44.3 Å². The Bertz CT molecular complexity index is 1180. The standard InChI is InChI=1S/C35H43F3O/c1-3-5-7-8-10-11-25-13-22-33(39-24-25)29-19-20-30(32(36)23-29)26-14-16-27(17-15-26)31-21-18-28(12-9-6-4-2)34(37)35(31)38/h14-21,23,25,33H,3-13,22,24H2,1-2H3. The average molecular weight is 537 g/mol. The summed E-state index contributed by atoms with van der Waals surface area (Å²) in [6.45, 7) is 5.07. The van der Waals surface area contributed by atoms with E-state index in [-0.39, 0.29) is 17.5 Å². The zero-order chi connectivity index (χ0) is 27.6. The fraction of sp³-hybridized carbons (Fsp3) is 0.486. The Morgan fingerprint density at radius 2 is 1.36 bits per heavy atom. The van der Waals surface area contributed by atoms with E-state index in [1.165, 1.54) is 38.5 Å². The van der Waals surface area contributed by atoms with Gasteiger partial charge in [0.1, 0.15) is 5.82 Å².